The first-order valence-electron chi connectivity index (χ1n) is 6.97. The van der Waals surface area contributed by atoms with E-state index in [-0.39, 0.29) is 0 Å². The van der Waals surface area contributed by atoms with Gasteiger partial charge in [-0.1, -0.05) is 49.6 Å². The van der Waals surface area contributed by atoms with Gasteiger partial charge in [-0.15, -0.1) is 0 Å². The number of nitrogens with zero attached hydrogens (tertiary/aromatic N) is 1. The second-order valence-electron chi connectivity index (χ2n) is 5.67. The van der Waals surface area contributed by atoms with Crippen molar-refractivity contribution in [3.8, 4) is 0 Å². The van der Waals surface area contributed by atoms with Gasteiger partial charge in [0.1, 0.15) is 0 Å². The van der Waals surface area contributed by atoms with Gasteiger partial charge in [0.25, 0.3) is 0 Å². The van der Waals surface area contributed by atoms with Gasteiger partial charge in [-0.2, -0.15) is 0 Å². The van der Waals surface area contributed by atoms with Crippen LogP contribution < -0.4 is 0 Å². The largest absolute Gasteiger partial charge is 0.289 e. The normalized spacial score (nSPS) is 27.2. The number of benzene rings is 1. The molecule has 1 saturated carbocycles. The van der Waals surface area contributed by atoms with Crippen molar-refractivity contribution in [2.24, 2.45) is 10.4 Å². The molecule has 1 aliphatic heterocycles. The molecule has 1 spiro atoms. The molecule has 1 unspecified atom stereocenters. The Kier molecular flexibility index (Phi) is 3.00. The first kappa shape index (κ1) is 11.0. The molecular weight excluding hydrogens is 206 g/mol. The Morgan fingerprint density at radius 3 is 2.35 bits per heavy atom. The second kappa shape index (κ2) is 4.64. The van der Waals surface area contributed by atoms with Gasteiger partial charge in [-0.25, -0.2) is 0 Å². The van der Waals surface area contributed by atoms with E-state index in [9.17, 15) is 0 Å². The molecule has 1 aromatic carbocycles. The molecule has 1 aliphatic carbocycles. The number of aliphatic imine (C=N–C) groups is 1. The van der Waals surface area contributed by atoms with E-state index in [0.717, 1.165) is 0 Å². The summed E-state index contributed by atoms with van der Waals surface area (Å²) in [7, 11) is 0. The third-order valence-corrected chi connectivity index (χ3v) is 4.48. The predicted octanol–water partition coefficient (Wildman–Crippen LogP) is 4.54. The van der Waals surface area contributed by atoms with E-state index in [4.69, 9.17) is 4.99 Å². The van der Waals surface area contributed by atoms with Gasteiger partial charge in [0.15, 0.2) is 0 Å². The van der Waals surface area contributed by atoms with Gasteiger partial charge in [0.05, 0.1) is 6.04 Å². The molecule has 1 heterocycles. The van der Waals surface area contributed by atoms with Crippen molar-refractivity contribution >= 4 is 6.21 Å². The van der Waals surface area contributed by atoms with E-state index in [1.165, 1.54) is 50.5 Å². The van der Waals surface area contributed by atoms with Crippen LogP contribution in [-0.2, 0) is 0 Å². The number of hydrogen-bond donors (Lipinski definition) is 0. The maximum Gasteiger partial charge on any atom is 0.0745 e. The van der Waals surface area contributed by atoms with Crippen molar-refractivity contribution in [1.29, 1.82) is 0 Å². The summed E-state index contributed by atoms with van der Waals surface area (Å²) in [6.45, 7) is 0. The Morgan fingerprint density at radius 1 is 0.941 bits per heavy atom. The van der Waals surface area contributed by atoms with Crippen LogP contribution in [0.4, 0.5) is 0 Å². The molecule has 1 heteroatoms. The van der Waals surface area contributed by atoms with Crippen molar-refractivity contribution in [3.05, 3.63) is 35.9 Å². The predicted molar refractivity (Wildman–Crippen MR) is 72.4 cm³/mol. The molecule has 1 atom stereocenters. The molecule has 0 amide bonds. The van der Waals surface area contributed by atoms with E-state index in [2.05, 4.69) is 36.5 Å². The van der Waals surface area contributed by atoms with Crippen LogP contribution in [0.5, 0.6) is 0 Å². The van der Waals surface area contributed by atoms with Crippen LogP contribution >= 0.6 is 0 Å². The quantitative estimate of drug-likeness (QED) is 0.667. The molecular formula is C16H21N. The average molecular weight is 227 g/mol. The van der Waals surface area contributed by atoms with Crippen molar-refractivity contribution in [1.82, 2.24) is 0 Å². The molecule has 0 bridgehead atoms. The van der Waals surface area contributed by atoms with Crippen molar-refractivity contribution < 1.29 is 0 Å². The molecule has 0 radical (unpaired) electrons. The SMILES string of the molecule is C1=NC(c2ccccc2)CCC12CCCCC2. The van der Waals surface area contributed by atoms with E-state index in [1.54, 1.807) is 0 Å². The lowest BCUT2D eigenvalue weighted by atomic mass is 9.70. The number of rotatable bonds is 1. The fourth-order valence-corrected chi connectivity index (χ4v) is 3.37. The fourth-order valence-electron chi connectivity index (χ4n) is 3.37. The van der Waals surface area contributed by atoms with Crippen molar-refractivity contribution in [3.63, 3.8) is 0 Å². The van der Waals surface area contributed by atoms with Crippen LogP contribution in [0.3, 0.4) is 0 Å². The van der Waals surface area contributed by atoms with E-state index >= 15 is 0 Å². The van der Waals surface area contributed by atoms with Gasteiger partial charge in [0.2, 0.25) is 0 Å². The Morgan fingerprint density at radius 2 is 1.71 bits per heavy atom. The van der Waals surface area contributed by atoms with Crippen molar-refractivity contribution in [2.45, 2.75) is 51.0 Å². The van der Waals surface area contributed by atoms with Crippen LogP contribution in [0, 0.1) is 5.41 Å². The third-order valence-electron chi connectivity index (χ3n) is 4.48. The standard InChI is InChI=1S/C16H21N/c1-3-7-14(8-4-1)15-9-12-16(13-17-15)10-5-2-6-11-16/h1,3-4,7-8,13,15H,2,5-6,9-12H2. The zero-order chi connectivity index (χ0) is 11.6. The maximum absolute atomic E-state index is 4.85. The molecule has 17 heavy (non-hydrogen) atoms. The summed E-state index contributed by atoms with van der Waals surface area (Å²) in [5.41, 5.74) is 1.86. The van der Waals surface area contributed by atoms with E-state index in [1.807, 2.05) is 0 Å². The van der Waals surface area contributed by atoms with Crippen molar-refractivity contribution in [2.75, 3.05) is 0 Å². The molecule has 1 aromatic rings. The van der Waals surface area contributed by atoms with Gasteiger partial charge in [-0.05, 0) is 31.2 Å². The Hall–Kier alpha value is -1.11. The minimum absolute atomic E-state index is 0.420. The highest BCUT2D eigenvalue weighted by Gasteiger charge is 2.33. The molecule has 2 aliphatic rings. The smallest absolute Gasteiger partial charge is 0.0745 e. The van der Waals surface area contributed by atoms with E-state index < -0.39 is 0 Å². The zero-order valence-corrected chi connectivity index (χ0v) is 10.4. The summed E-state index contributed by atoms with van der Waals surface area (Å²) in [4.78, 5) is 4.85. The summed E-state index contributed by atoms with van der Waals surface area (Å²) < 4.78 is 0. The van der Waals surface area contributed by atoms with Crippen LogP contribution in [0.25, 0.3) is 0 Å². The lowest BCUT2D eigenvalue weighted by Crippen LogP contribution is -2.29. The minimum atomic E-state index is 0.420. The summed E-state index contributed by atoms with van der Waals surface area (Å²) in [6, 6.07) is 11.2. The lowest BCUT2D eigenvalue weighted by Gasteiger charge is -2.38. The van der Waals surface area contributed by atoms with E-state index in [0.29, 0.717) is 11.5 Å². The molecule has 0 N–H and O–H groups in total. The highest BCUT2D eigenvalue weighted by Crippen LogP contribution is 2.44. The third kappa shape index (κ3) is 2.29. The maximum atomic E-state index is 4.85. The van der Waals surface area contributed by atoms with Crippen LogP contribution in [-0.4, -0.2) is 6.21 Å². The van der Waals surface area contributed by atoms with Crippen LogP contribution in [0.2, 0.25) is 0 Å². The number of hydrogen-bond acceptors (Lipinski definition) is 1. The van der Waals surface area contributed by atoms with Crippen LogP contribution in [0.1, 0.15) is 56.6 Å². The first-order chi connectivity index (χ1) is 8.38. The summed E-state index contributed by atoms with van der Waals surface area (Å²) in [5, 5.41) is 0. The van der Waals surface area contributed by atoms with Gasteiger partial charge >= 0.3 is 0 Å². The fraction of sp³-hybridized carbons (Fsp3) is 0.562. The van der Waals surface area contributed by atoms with Gasteiger partial charge in [0, 0.05) is 11.6 Å². The monoisotopic (exact) mass is 227 g/mol. The highest BCUT2D eigenvalue weighted by atomic mass is 14.8. The molecule has 0 aromatic heterocycles. The lowest BCUT2D eigenvalue weighted by molar-refractivity contribution is 0.247. The molecule has 90 valence electrons. The Balaban J connectivity index is 1.75. The zero-order valence-electron chi connectivity index (χ0n) is 10.4. The average Bonchev–Trinajstić information content (AvgIpc) is 2.42. The Labute approximate surface area is 104 Å². The molecule has 0 saturated heterocycles. The molecule has 3 rings (SSSR count). The Bertz CT molecular complexity index is 387. The molecule has 1 fully saturated rings. The summed E-state index contributed by atoms with van der Waals surface area (Å²) in [5.74, 6) is 0. The second-order valence-corrected chi connectivity index (χ2v) is 5.67. The van der Waals surface area contributed by atoms with Crippen LogP contribution in [0.15, 0.2) is 35.3 Å². The minimum Gasteiger partial charge on any atom is -0.289 e. The summed E-state index contributed by atoms with van der Waals surface area (Å²) >= 11 is 0. The highest BCUT2D eigenvalue weighted by molar-refractivity contribution is 5.67. The van der Waals surface area contributed by atoms with Gasteiger partial charge in [-0.3, -0.25) is 4.99 Å². The summed E-state index contributed by atoms with van der Waals surface area (Å²) in [6.07, 6.45) is 11.9. The first-order valence-corrected chi connectivity index (χ1v) is 6.97. The molecule has 1 nitrogen and oxygen atoms in total. The topological polar surface area (TPSA) is 12.4 Å². The van der Waals surface area contributed by atoms with Gasteiger partial charge < -0.3 is 0 Å².